The fourth-order valence-electron chi connectivity index (χ4n) is 4.00. The standard InChI is InChI=1S/C30H30N2O4/c1-20-9-15-24(16-10-20)28(33)26-21(2)32(25-8-5-17-31-27(25)26)18-6-7-22-11-13-23(14-12-22)19-36-30(3,4)29(34)35/h5-17H,18-19H2,1-4H3,(H,34,35). The molecule has 0 saturated carbocycles. The van der Waals surface area contributed by atoms with E-state index in [1.54, 1.807) is 6.20 Å². The number of hydrogen-bond donors (Lipinski definition) is 1. The van der Waals surface area contributed by atoms with E-state index in [2.05, 4.69) is 15.6 Å². The molecule has 0 saturated heterocycles. The minimum atomic E-state index is -1.23. The summed E-state index contributed by atoms with van der Waals surface area (Å²) in [5.74, 6) is -1.02. The van der Waals surface area contributed by atoms with Gasteiger partial charge in [0.2, 0.25) is 0 Å². The average Bonchev–Trinajstić information content (AvgIpc) is 3.14. The zero-order valence-corrected chi connectivity index (χ0v) is 21.0. The Kier molecular flexibility index (Phi) is 7.17. The van der Waals surface area contributed by atoms with Crippen LogP contribution < -0.4 is 0 Å². The fraction of sp³-hybridized carbons (Fsp3) is 0.233. The molecule has 0 unspecified atom stereocenters. The number of carboxylic acid groups (broad SMARTS) is 1. The summed E-state index contributed by atoms with van der Waals surface area (Å²) in [6.45, 7) is 7.85. The highest BCUT2D eigenvalue weighted by molar-refractivity contribution is 6.16. The van der Waals surface area contributed by atoms with Crippen molar-refractivity contribution in [3.05, 3.63) is 106 Å². The van der Waals surface area contributed by atoms with Crippen molar-refractivity contribution in [1.29, 1.82) is 0 Å². The van der Waals surface area contributed by atoms with Crippen molar-refractivity contribution in [2.75, 3.05) is 0 Å². The Balaban J connectivity index is 1.52. The highest BCUT2D eigenvalue weighted by atomic mass is 16.5. The molecular formula is C30H30N2O4. The molecule has 4 aromatic rings. The number of pyridine rings is 1. The van der Waals surface area contributed by atoms with Gasteiger partial charge in [0.25, 0.3) is 0 Å². The molecule has 184 valence electrons. The van der Waals surface area contributed by atoms with E-state index in [9.17, 15) is 14.7 Å². The number of nitrogens with zero attached hydrogens (tertiary/aromatic N) is 2. The van der Waals surface area contributed by atoms with Gasteiger partial charge in [-0.1, -0.05) is 66.2 Å². The van der Waals surface area contributed by atoms with Crippen LogP contribution in [0.4, 0.5) is 0 Å². The lowest BCUT2D eigenvalue weighted by atomic mass is 10.0. The van der Waals surface area contributed by atoms with Crippen LogP contribution in [0.15, 0.2) is 72.9 Å². The fourth-order valence-corrected chi connectivity index (χ4v) is 4.00. The van der Waals surface area contributed by atoms with Crippen LogP contribution in [0.25, 0.3) is 17.1 Å². The number of fused-ring (bicyclic) bond motifs is 1. The maximum Gasteiger partial charge on any atom is 0.335 e. The molecule has 2 heterocycles. The van der Waals surface area contributed by atoms with Gasteiger partial charge in [0.15, 0.2) is 11.4 Å². The number of carboxylic acids is 1. The van der Waals surface area contributed by atoms with Crippen LogP contribution in [0.3, 0.4) is 0 Å². The van der Waals surface area contributed by atoms with Crippen molar-refractivity contribution >= 4 is 28.9 Å². The molecule has 36 heavy (non-hydrogen) atoms. The first-order valence-electron chi connectivity index (χ1n) is 11.9. The first-order chi connectivity index (χ1) is 17.2. The summed E-state index contributed by atoms with van der Waals surface area (Å²) >= 11 is 0. The van der Waals surface area contributed by atoms with Crippen LogP contribution >= 0.6 is 0 Å². The van der Waals surface area contributed by atoms with E-state index in [-0.39, 0.29) is 12.4 Å². The Morgan fingerprint density at radius 3 is 2.39 bits per heavy atom. The first kappa shape index (κ1) is 25.1. The number of aliphatic carboxylic acids is 1. The lowest BCUT2D eigenvalue weighted by Gasteiger charge is -2.20. The van der Waals surface area contributed by atoms with Gasteiger partial charge in [-0.25, -0.2) is 4.79 Å². The van der Waals surface area contributed by atoms with E-state index in [0.717, 1.165) is 27.9 Å². The van der Waals surface area contributed by atoms with Crippen molar-refractivity contribution in [3.63, 3.8) is 0 Å². The number of ketones is 1. The van der Waals surface area contributed by atoms with Gasteiger partial charge in [-0.15, -0.1) is 0 Å². The number of aryl methyl sites for hydroxylation is 1. The van der Waals surface area contributed by atoms with Gasteiger partial charge in [-0.05, 0) is 51.0 Å². The monoisotopic (exact) mass is 482 g/mol. The summed E-state index contributed by atoms with van der Waals surface area (Å²) in [6.07, 6.45) is 5.80. The Labute approximate surface area is 210 Å². The molecule has 6 heteroatoms. The Bertz CT molecular complexity index is 1430. The number of carbonyl (C=O) groups is 2. The van der Waals surface area contributed by atoms with E-state index < -0.39 is 11.6 Å². The SMILES string of the molecule is Cc1ccc(C(=O)c2c(C)n(CC=Cc3ccc(COC(C)(C)C(=O)O)cc3)c3cccnc23)cc1. The summed E-state index contributed by atoms with van der Waals surface area (Å²) in [6, 6.07) is 19.3. The predicted octanol–water partition coefficient (Wildman–Crippen LogP) is 5.98. The minimum absolute atomic E-state index is 0.0252. The van der Waals surface area contributed by atoms with E-state index in [4.69, 9.17) is 4.74 Å². The molecule has 1 N–H and O–H groups in total. The van der Waals surface area contributed by atoms with Crippen LogP contribution in [0.1, 0.15) is 52.2 Å². The highest BCUT2D eigenvalue weighted by Crippen LogP contribution is 2.27. The second-order valence-corrected chi connectivity index (χ2v) is 9.39. The zero-order chi connectivity index (χ0) is 25.9. The maximum atomic E-state index is 13.4. The van der Waals surface area contributed by atoms with E-state index in [1.807, 2.05) is 80.6 Å². The molecule has 0 atom stereocenters. The third kappa shape index (κ3) is 5.29. The smallest absolute Gasteiger partial charge is 0.335 e. The van der Waals surface area contributed by atoms with Crippen LogP contribution in [0.5, 0.6) is 0 Å². The second kappa shape index (κ2) is 10.3. The summed E-state index contributed by atoms with van der Waals surface area (Å²) in [5, 5.41) is 9.18. The number of carbonyl (C=O) groups excluding carboxylic acids is 1. The van der Waals surface area contributed by atoms with Crippen molar-refractivity contribution < 1.29 is 19.4 Å². The molecule has 0 fully saturated rings. The molecular weight excluding hydrogens is 452 g/mol. The van der Waals surface area contributed by atoms with E-state index in [1.165, 1.54) is 13.8 Å². The molecule has 2 aromatic carbocycles. The average molecular weight is 483 g/mol. The van der Waals surface area contributed by atoms with Crippen molar-refractivity contribution in [3.8, 4) is 0 Å². The molecule has 2 aromatic heterocycles. The van der Waals surface area contributed by atoms with Gasteiger partial charge >= 0.3 is 5.97 Å². The number of ether oxygens (including phenoxy) is 1. The molecule has 0 amide bonds. The lowest BCUT2D eigenvalue weighted by Crippen LogP contribution is -2.34. The molecule has 0 bridgehead atoms. The molecule has 4 rings (SSSR count). The third-order valence-corrected chi connectivity index (χ3v) is 6.31. The normalized spacial score (nSPS) is 11.9. The number of allylic oxidation sites excluding steroid dienone is 1. The van der Waals surface area contributed by atoms with Crippen LogP contribution in [0, 0.1) is 13.8 Å². The Morgan fingerprint density at radius 2 is 1.72 bits per heavy atom. The third-order valence-electron chi connectivity index (χ3n) is 6.31. The Hall–Kier alpha value is -4.03. The van der Waals surface area contributed by atoms with Gasteiger partial charge in [0.1, 0.15) is 0 Å². The zero-order valence-electron chi connectivity index (χ0n) is 21.0. The van der Waals surface area contributed by atoms with Crippen molar-refractivity contribution in [2.45, 2.75) is 46.4 Å². The van der Waals surface area contributed by atoms with Gasteiger partial charge in [0.05, 0.1) is 23.2 Å². The summed E-state index contributed by atoms with van der Waals surface area (Å²) in [7, 11) is 0. The van der Waals surface area contributed by atoms with Crippen LogP contribution in [0.2, 0.25) is 0 Å². The molecule has 0 aliphatic carbocycles. The van der Waals surface area contributed by atoms with Crippen LogP contribution in [-0.4, -0.2) is 32.0 Å². The number of rotatable bonds is 9. The molecule has 0 spiro atoms. The summed E-state index contributed by atoms with van der Waals surface area (Å²) < 4.78 is 7.62. The largest absolute Gasteiger partial charge is 0.479 e. The highest BCUT2D eigenvalue weighted by Gasteiger charge is 2.27. The quantitative estimate of drug-likeness (QED) is 0.297. The van der Waals surface area contributed by atoms with E-state index in [0.29, 0.717) is 23.2 Å². The Morgan fingerprint density at radius 1 is 1.03 bits per heavy atom. The number of aromatic nitrogens is 2. The number of benzene rings is 2. The lowest BCUT2D eigenvalue weighted by molar-refractivity contribution is -0.162. The van der Waals surface area contributed by atoms with Gasteiger partial charge < -0.3 is 14.4 Å². The molecule has 0 radical (unpaired) electrons. The van der Waals surface area contributed by atoms with E-state index >= 15 is 0 Å². The van der Waals surface area contributed by atoms with Gasteiger partial charge in [-0.3, -0.25) is 9.78 Å². The number of hydrogen-bond acceptors (Lipinski definition) is 4. The minimum Gasteiger partial charge on any atom is -0.479 e. The van der Waals surface area contributed by atoms with Crippen molar-refractivity contribution in [1.82, 2.24) is 9.55 Å². The van der Waals surface area contributed by atoms with Gasteiger partial charge in [-0.2, -0.15) is 0 Å². The molecule has 0 aliphatic heterocycles. The topological polar surface area (TPSA) is 81.4 Å². The maximum absolute atomic E-state index is 13.4. The summed E-state index contributed by atoms with van der Waals surface area (Å²) in [5.41, 5.74) is 5.59. The molecule has 6 nitrogen and oxygen atoms in total. The van der Waals surface area contributed by atoms with Crippen LogP contribution in [-0.2, 0) is 22.7 Å². The summed E-state index contributed by atoms with van der Waals surface area (Å²) in [4.78, 5) is 29.1. The second-order valence-electron chi connectivity index (χ2n) is 9.39. The predicted molar refractivity (Wildman–Crippen MR) is 141 cm³/mol. The first-order valence-corrected chi connectivity index (χ1v) is 11.9. The van der Waals surface area contributed by atoms with Crippen molar-refractivity contribution in [2.24, 2.45) is 0 Å². The van der Waals surface area contributed by atoms with Gasteiger partial charge in [0, 0.05) is 24.0 Å². The molecule has 0 aliphatic rings.